The molecule has 1 aromatic heterocycles. The van der Waals surface area contributed by atoms with Crippen molar-refractivity contribution < 1.29 is 4.79 Å². The molecule has 12 heavy (non-hydrogen) atoms. The van der Waals surface area contributed by atoms with Crippen LogP contribution in [0, 0.1) is 13.8 Å². The van der Waals surface area contributed by atoms with Gasteiger partial charge in [-0.05, 0) is 13.8 Å². The number of nitrogens with two attached hydrogens (primary N) is 1. The Morgan fingerprint density at radius 1 is 1.42 bits per heavy atom. The van der Waals surface area contributed by atoms with Gasteiger partial charge in [-0.15, -0.1) is 11.3 Å². The molecular formula is C8H12N2OS. The molecule has 1 rings (SSSR count). The number of hydrogen-bond acceptors (Lipinski definition) is 3. The van der Waals surface area contributed by atoms with Crippen LogP contribution in [0.2, 0.25) is 0 Å². The van der Waals surface area contributed by atoms with Gasteiger partial charge >= 0.3 is 0 Å². The highest BCUT2D eigenvalue weighted by Crippen LogP contribution is 2.34. The van der Waals surface area contributed by atoms with E-state index in [1.54, 1.807) is 11.3 Å². The van der Waals surface area contributed by atoms with Gasteiger partial charge < -0.3 is 11.1 Å². The average molecular weight is 184 g/mol. The van der Waals surface area contributed by atoms with Crippen LogP contribution in [-0.4, -0.2) is 5.91 Å². The molecule has 1 amide bonds. The molecule has 0 aliphatic rings. The molecule has 3 N–H and O–H groups in total. The van der Waals surface area contributed by atoms with Gasteiger partial charge in [0.2, 0.25) is 5.91 Å². The van der Waals surface area contributed by atoms with Crippen LogP contribution in [0.4, 0.5) is 11.4 Å². The van der Waals surface area contributed by atoms with Crippen LogP contribution in [0.25, 0.3) is 0 Å². The van der Waals surface area contributed by atoms with E-state index >= 15 is 0 Å². The van der Waals surface area contributed by atoms with E-state index in [0.29, 0.717) is 5.69 Å². The van der Waals surface area contributed by atoms with Crippen LogP contribution >= 0.6 is 11.3 Å². The molecule has 0 aromatic carbocycles. The molecule has 0 radical (unpaired) electrons. The standard InChI is InChI=1S/C8H12N2OS/c1-4-7(9)8(5(2)12-4)10-6(3)11/h9H2,1-3H3,(H,10,11). The van der Waals surface area contributed by atoms with Crippen molar-refractivity contribution in [3.05, 3.63) is 9.75 Å². The highest BCUT2D eigenvalue weighted by Gasteiger charge is 2.10. The summed E-state index contributed by atoms with van der Waals surface area (Å²) in [5, 5.41) is 2.71. The fourth-order valence-electron chi connectivity index (χ4n) is 1.03. The second kappa shape index (κ2) is 3.15. The fraction of sp³-hybridized carbons (Fsp3) is 0.375. The molecule has 1 heterocycles. The van der Waals surface area contributed by atoms with Crippen molar-refractivity contribution >= 4 is 28.6 Å². The first-order valence-electron chi connectivity index (χ1n) is 3.65. The fourth-order valence-corrected chi connectivity index (χ4v) is 1.97. The summed E-state index contributed by atoms with van der Waals surface area (Å²) >= 11 is 1.60. The van der Waals surface area contributed by atoms with Gasteiger partial charge in [-0.2, -0.15) is 0 Å². The Morgan fingerprint density at radius 3 is 2.33 bits per heavy atom. The van der Waals surface area contributed by atoms with Crippen LogP contribution in [0.3, 0.4) is 0 Å². The zero-order valence-electron chi connectivity index (χ0n) is 7.39. The van der Waals surface area contributed by atoms with Gasteiger partial charge in [-0.3, -0.25) is 4.79 Å². The third kappa shape index (κ3) is 1.58. The van der Waals surface area contributed by atoms with Gasteiger partial charge in [0.05, 0.1) is 11.4 Å². The number of carbonyl (C=O) groups is 1. The summed E-state index contributed by atoms with van der Waals surface area (Å²) in [7, 11) is 0. The summed E-state index contributed by atoms with van der Waals surface area (Å²) in [6.45, 7) is 5.36. The molecule has 0 saturated carbocycles. The Kier molecular flexibility index (Phi) is 2.38. The molecule has 66 valence electrons. The molecule has 0 unspecified atom stereocenters. The number of nitrogen functional groups attached to an aromatic ring is 1. The van der Waals surface area contributed by atoms with Crippen molar-refractivity contribution in [2.45, 2.75) is 20.8 Å². The second-order valence-corrected chi connectivity index (χ2v) is 4.11. The number of rotatable bonds is 1. The lowest BCUT2D eigenvalue weighted by molar-refractivity contribution is -0.114. The first-order chi connectivity index (χ1) is 5.52. The number of thiophene rings is 1. The lowest BCUT2D eigenvalue weighted by Crippen LogP contribution is -2.07. The Hall–Kier alpha value is -1.03. The number of hydrogen-bond donors (Lipinski definition) is 2. The van der Waals surface area contributed by atoms with E-state index in [4.69, 9.17) is 5.73 Å². The van der Waals surface area contributed by atoms with Crippen molar-refractivity contribution in [1.29, 1.82) is 0 Å². The second-order valence-electron chi connectivity index (χ2n) is 2.68. The minimum absolute atomic E-state index is 0.0809. The Labute approximate surface area is 75.6 Å². The first-order valence-corrected chi connectivity index (χ1v) is 4.47. The average Bonchev–Trinajstić information content (AvgIpc) is 2.16. The smallest absolute Gasteiger partial charge is 0.221 e. The van der Waals surface area contributed by atoms with E-state index in [2.05, 4.69) is 5.32 Å². The van der Waals surface area contributed by atoms with E-state index in [9.17, 15) is 4.79 Å². The molecular weight excluding hydrogens is 172 g/mol. The van der Waals surface area contributed by atoms with Crippen molar-refractivity contribution in [3.8, 4) is 0 Å². The monoisotopic (exact) mass is 184 g/mol. The number of aryl methyl sites for hydroxylation is 2. The predicted octanol–water partition coefficient (Wildman–Crippen LogP) is 1.91. The predicted molar refractivity (Wildman–Crippen MR) is 52.5 cm³/mol. The Balaban J connectivity index is 3.05. The van der Waals surface area contributed by atoms with Crippen LogP contribution < -0.4 is 11.1 Å². The number of nitrogens with one attached hydrogen (secondary N) is 1. The van der Waals surface area contributed by atoms with Crippen LogP contribution in [0.1, 0.15) is 16.7 Å². The first kappa shape index (κ1) is 9.06. The minimum Gasteiger partial charge on any atom is -0.396 e. The lowest BCUT2D eigenvalue weighted by Gasteiger charge is -2.01. The van der Waals surface area contributed by atoms with Gasteiger partial charge in [0, 0.05) is 16.7 Å². The van der Waals surface area contributed by atoms with E-state index in [1.165, 1.54) is 6.92 Å². The zero-order valence-corrected chi connectivity index (χ0v) is 8.21. The summed E-state index contributed by atoms with van der Waals surface area (Å²) in [5.41, 5.74) is 7.20. The SMILES string of the molecule is CC(=O)Nc1c(C)sc(C)c1N. The van der Waals surface area contributed by atoms with E-state index in [1.807, 2.05) is 13.8 Å². The molecule has 4 heteroatoms. The summed E-state index contributed by atoms with van der Waals surface area (Å²) in [6.07, 6.45) is 0. The summed E-state index contributed by atoms with van der Waals surface area (Å²) in [5.74, 6) is -0.0809. The Bertz CT molecular complexity index is 317. The highest BCUT2D eigenvalue weighted by molar-refractivity contribution is 7.13. The number of anilines is 2. The molecule has 0 bridgehead atoms. The van der Waals surface area contributed by atoms with E-state index < -0.39 is 0 Å². The van der Waals surface area contributed by atoms with Crippen LogP contribution in [-0.2, 0) is 4.79 Å². The van der Waals surface area contributed by atoms with Gasteiger partial charge in [-0.1, -0.05) is 0 Å². The van der Waals surface area contributed by atoms with Crippen molar-refractivity contribution in [2.75, 3.05) is 11.1 Å². The molecule has 0 aliphatic carbocycles. The van der Waals surface area contributed by atoms with Crippen LogP contribution in [0.5, 0.6) is 0 Å². The van der Waals surface area contributed by atoms with Gasteiger partial charge in [0.25, 0.3) is 0 Å². The molecule has 0 spiro atoms. The van der Waals surface area contributed by atoms with Crippen molar-refractivity contribution in [1.82, 2.24) is 0 Å². The summed E-state index contributed by atoms with van der Waals surface area (Å²) < 4.78 is 0. The molecule has 1 aromatic rings. The van der Waals surface area contributed by atoms with Gasteiger partial charge in [-0.25, -0.2) is 0 Å². The van der Waals surface area contributed by atoms with Crippen molar-refractivity contribution in [3.63, 3.8) is 0 Å². The molecule has 0 fully saturated rings. The lowest BCUT2D eigenvalue weighted by atomic mass is 10.3. The quantitative estimate of drug-likeness (QED) is 0.700. The Morgan fingerprint density at radius 2 is 2.00 bits per heavy atom. The minimum atomic E-state index is -0.0809. The normalized spacial score (nSPS) is 9.92. The molecule has 0 saturated heterocycles. The third-order valence-corrected chi connectivity index (χ3v) is 2.64. The van der Waals surface area contributed by atoms with E-state index in [0.717, 1.165) is 15.4 Å². The summed E-state index contributed by atoms with van der Waals surface area (Å²) in [4.78, 5) is 12.9. The third-order valence-electron chi connectivity index (χ3n) is 1.61. The maximum Gasteiger partial charge on any atom is 0.221 e. The summed E-state index contributed by atoms with van der Waals surface area (Å²) in [6, 6.07) is 0. The highest BCUT2D eigenvalue weighted by atomic mass is 32.1. The topological polar surface area (TPSA) is 55.1 Å². The zero-order chi connectivity index (χ0) is 9.30. The maximum atomic E-state index is 10.8. The van der Waals surface area contributed by atoms with Gasteiger partial charge in [0.15, 0.2) is 0 Å². The molecule has 0 atom stereocenters. The number of amides is 1. The largest absolute Gasteiger partial charge is 0.396 e. The van der Waals surface area contributed by atoms with Crippen molar-refractivity contribution in [2.24, 2.45) is 0 Å². The van der Waals surface area contributed by atoms with Gasteiger partial charge in [0.1, 0.15) is 0 Å². The number of carbonyl (C=O) groups excluding carboxylic acids is 1. The van der Waals surface area contributed by atoms with Crippen LogP contribution in [0.15, 0.2) is 0 Å². The molecule has 3 nitrogen and oxygen atoms in total. The van der Waals surface area contributed by atoms with E-state index in [-0.39, 0.29) is 5.91 Å². The maximum absolute atomic E-state index is 10.8. The molecule has 0 aliphatic heterocycles.